The lowest BCUT2D eigenvalue weighted by atomic mass is 10.0. The van der Waals surface area contributed by atoms with Crippen LogP contribution in [0.1, 0.15) is 37.7 Å². The molecule has 0 aliphatic heterocycles. The van der Waals surface area contributed by atoms with Gasteiger partial charge in [-0.25, -0.2) is 9.89 Å². The third-order valence-electron chi connectivity index (χ3n) is 3.77. The highest BCUT2D eigenvalue weighted by molar-refractivity contribution is 6.04. The zero-order valence-electron chi connectivity index (χ0n) is 15.2. The van der Waals surface area contributed by atoms with E-state index in [-0.39, 0.29) is 30.4 Å². The number of nitrogens with one attached hydrogen (secondary N) is 3. The number of carbonyl (C=O) groups excluding carboxylic acids is 2. The maximum absolute atomic E-state index is 12.5. The summed E-state index contributed by atoms with van der Waals surface area (Å²) in [7, 11) is 0. The van der Waals surface area contributed by atoms with Crippen molar-refractivity contribution in [3.05, 3.63) is 40.3 Å². The minimum Gasteiger partial charge on any atom is -0.450 e. The Morgan fingerprint density at radius 3 is 2.58 bits per heavy atom. The van der Waals surface area contributed by atoms with Gasteiger partial charge in [-0.2, -0.15) is 5.10 Å². The molecule has 2 amide bonds. The van der Waals surface area contributed by atoms with Crippen molar-refractivity contribution in [1.82, 2.24) is 20.8 Å². The molecule has 140 valence electrons. The van der Waals surface area contributed by atoms with Gasteiger partial charge < -0.3 is 15.4 Å². The van der Waals surface area contributed by atoms with Crippen LogP contribution >= 0.6 is 0 Å². The van der Waals surface area contributed by atoms with Gasteiger partial charge in [-0.3, -0.25) is 9.59 Å². The zero-order chi connectivity index (χ0) is 19.1. The van der Waals surface area contributed by atoms with Gasteiger partial charge in [0, 0.05) is 18.0 Å². The highest BCUT2D eigenvalue weighted by Gasteiger charge is 2.18. The van der Waals surface area contributed by atoms with E-state index in [1.54, 1.807) is 31.2 Å². The van der Waals surface area contributed by atoms with Crippen LogP contribution in [0.15, 0.2) is 29.1 Å². The Labute approximate surface area is 151 Å². The maximum atomic E-state index is 12.5. The molecule has 1 heterocycles. The standard InChI is InChI=1S/C18H24N4O4/c1-4-26-18(25)20-12(9-11(2)3)10-19-17(24)15-13-7-5-6-8-14(13)16(23)22-21-15/h5-8,11-12H,4,9-10H2,1-3H3,(H,19,24)(H,20,25)(H,22,23). The molecule has 8 heteroatoms. The third-order valence-corrected chi connectivity index (χ3v) is 3.77. The van der Waals surface area contributed by atoms with Crippen LogP contribution in [0.3, 0.4) is 0 Å². The normalized spacial score (nSPS) is 12.0. The van der Waals surface area contributed by atoms with Crippen LogP contribution in [0.4, 0.5) is 4.79 Å². The van der Waals surface area contributed by atoms with Gasteiger partial charge in [0.05, 0.1) is 12.0 Å². The molecule has 26 heavy (non-hydrogen) atoms. The number of alkyl carbamates (subject to hydrolysis) is 1. The number of aromatic amines is 1. The van der Waals surface area contributed by atoms with E-state index in [4.69, 9.17) is 4.74 Å². The average molecular weight is 360 g/mol. The Morgan fingerprint density at radius 2 is 1.92 bits per heavy atom. The molecule has 1 aromatic carbocycles. The van der Waals surface area contributed by atoms with Crippen LogP contribution in [-0.4, -0.2) is 41.4 Å². The van der Waals surface area contributed by atoms with Gasteiger partial charge in [0.15, 0.2) is 5.69 Å². The van der Waals surface area contributed by atoms with E-state index in [9.17, 15) is 14.4 Å². The van der Waals surface area contributed by atoms with Gasteiger partial charge in [0.25, 0.3) is 11.5 Å². The molecule has 1 unspecified atom stereocenters. The number of rotatable bonds is 7. The number of hydrogen-bond acceptors (Lipinski definition) is 5. The Kier molecular flexibility index (Phi) is 6.71. The van der Waals surface area contributed by atoms with Gasteiger partial charge >= 0.3 is 6.09 Å². The predicted molar refractivity (Wildman–Crippen MR) is 98.1 cm³/mol. The van der Waals surface area contributed by atoms with Crippen molar-refractivity contribution in [3.8, 4) is 0 Å². The summed E-state index contributed by atoms with van der Waals surface area (Å²) in [6, 6.07) is 6.50. The lowest BCUT2D eigenvalue weighted by molar-refractivity contribution is 0.0940. The number of benzene rings is 1. The number of aromatic nitrogens is 2. The molecule has 0 saturated heterocycles. The molecule has 2 aromatic rings. The summed E-state index contributed by atoms with van der Waals surface area (Å²) in [5.74, 6) is -0.0947. The van der Waals surface area contributed by atoms with Gasteiger partial charge in [-0.1, -0.05) is 32.0 Å². The van der Waals surface area contributed by atoms with Crippen LogP contribution in [0.25, 0.3) is 10.8 Å². The van der Waals surface area contributed by atoms with Gasteiger partial charge in [-0.15, -0.1) is 0 Å². The van der Waals surface area contributed by atoms with E-state index in [1.165, 1.54) is 0 Å². The molecule has 0 spiro atoms. The number of nitrogens with zero attached hydrogens (tertiary/aromatic N) is 1. The molecule has 0 saturated carbocycles. The molecule has 0 radical (unpaired) electrons. The fraction of sp³-hybridized carbons (Fsp3) is 0.444. The molecular formula is C18H24N4O4. The lowest BCUT2D eigenvalue weighted by Gasteiger charge is -2.20. The molecule has 0 aliphatic rings. The number of carbonyl (C=O) groups is 2. The SMILES string of the molecule is CCOC(=O)NC(CNC(=O)c1n[nH]c(=O)c2ccccc12)CC(C)C. The molecule has 0 aliphatic carbocycles. The Morgan fingerprint density at radius 1 is 1.23 bits per heavy atom. The Balaban J connectivity index is 2.11. The highest BCUT2D eigenvalue weighted by Crippen LogP contribution is 2.12. The fourth-order valence-corrected chi connectivity index (χ4v) is 2.69. The van der Waals surface area contributed by atoms with Crippen LogP contribution < -0.4 is 16.2 Å². The van der Waals surface area contributed by atoms with E-state index in [1.807, 2.05) is 13.8 Å². The monoisotopic (exact) mass is 360 g/mol. The summed E-state index contributed by atoms with van der Waals surface area (Å²) in [6.07, 6.45) is 0.166. The second kappa shape index (κ2) is 8.98. The van der Waals surface area contributed by atoms with Gasteiger partial charge in [0.1, 0.15) is 0 Å². The molecular weight excluding hydrogens is 336 g/mol. The highest BCUT2D eigenvalue weighted by atomic mass is 16.5. The van der Waals surface area contributed by atoms with Crippen LogP contribution in [0.5, 0.6) is 0 Å². The van der Waals surface area contributed by atoms with E-state index >= 15 is 0 Å². The molecule has 2 rings (SSSR count). The minimum atomic E-state index is -0.514. The molecule has 3 N–H and O–H groups in total. The number of hydrogen-bond donors (Lipinski definition) is 3. The number of H-pyrrole nitrogens is 1. The number of fused-ring (bicyclic) bond motifs is 1. The quantitative estimate of drug-likeness (QED) is 0.697. The van der Waals surface area contributed by atoms with Crippen molar-refractivity contribution in [2.24, 2.45) is 5.92 Å². The molecule has 0 fully saturated rings. The van der Waals surface area contributed by atoms with Crippen molar-refractivity contribution in [1.29, 1.82) is 0 Å². The summed E-state index contributed by atoms with van der Waals surface area (Å²) < 4.78 is 4.90. The number of ether oxygens (including phenoxy) is 1. The lowest BCUT2D eigenvalue weighted by Crippen LogP contribution is -2.44. The van der Waals surface area contributed by atoms with E-state index in [0.29, 0.717) is 23.1 Å². The molecule has 1 atom stereocenters. The van der Waals surface area contributed by atoms with E-state index in [0.717, 1.165) is 0 Å². The summed E-state index contributed by atoms with van der Waals surface area (Å²) >= 11 is 0. The topological polar surface area (TPSA) is 113 Å². The molecule has 0 bridgehead atoms. The van der Waals surface area contributed by atoms with Gasteiger partial charge in [-0.05, 0) is 25.3 Å². The Bertz CT molecular complexity index is 831. The zero-order valence-corrected chi connectivity index (χ0v) is 15.2. The van der Waals surface area contributed by atoms with Crippen molar-refractivity contribution in [2.45, 2.75) is 33.2 Å². The first-order valence-electron chi connectivity index (χ1n) is 8.61. The second-order valence-corrected chi connectivity index (χ2v) is 6.35. The van der Waals surface area contributed by atoms with Crippen molar-refractivity contribution in [3.63, 3.8) is 0 Å². The van der Waals surface area contributed by atoms with Gasteiger partial charge in [0.2, 0.25) is 0 Å². The van der Waals surface area contributed by atoms with E-state index in [2.05, 4.69) is 20.8 Å². The summed E-state index contributed by atoms with van der Waals surface area (Å²) in [4.78, 5) is 36.0. The first kappa shape index (κ1) is 19.4. The first-order chi connectivity index (χ1) is 12.4. The van der Waals surface area contributed by atoms with Crippen LogP contribution in [-0.2, 0) is 4.74 Å². The molecule has 1 aromatic heterocycles. The Hall–Kier alpha value is -2.90. The first-order valence-corrected chi connectivity index (χ1v) is 8.61. The maximum Gasteiger partial charge on any atom is 0.407 e. The van der Waals surface area contributed by atoms with Crippen LogP contribution in [0, 0.1) is 5.92 Å². The average Bonchev–Trinajstić information content (AvgIpc) is 2.59. The predicted octanol–water partition coefficient (Wildman–Crippen LogP) is 1.81. The third kappa shape index (κ3) is 5.05. The second-order valence-electron chi connectivity index (χ2n) is 6.35. The largest absolute Gasteiger partial charge is 0.450 e. The summed E-state index contributed by atoms with van der Waals surface area (Å²) in [5, 5.41) is 12.6. The van der Waals surface area contributed by atoms with E-state index < -0.39 is 12.0 Å². The summed E-state index contributed by atoms with van der Waals surface area (Å²) in [5.41, 5.74) is -0.210. The van der Waals surface area contributed by atoms with Crippen molar-refractivity contribution in [2.75, 3.05) is 13.2 Å². The number of amides is 2. The molecule has 8 nitrogen and oxygen atoms in total. The fourth-order valence-electron chi connectivity index (χ4n) is 2.69. The summed E-state index contributed by atoms with van der Waals surface area (Å²) in [6.45, 7) is 6.29. The van der Waals surface area contributed by atoms with Crippen LogP contribution in [0.2, 0.25) is 0 Å². The minimum absolute atomic E-state index is 0.139. The smallest absolute Gasteiger partial charge is 0.407 e. The van der Waals surface area contributed by atoms with Crippen molar-refractivity contribution < 1.29 is 14.3 Å². The van der Waals surface area contributed by atoms with Crippen molar-refractivity contribution >= 4 is 22.8 Å².